The number of aromatic nitrogens is 2. The summed E-state index contributed by atoms with van der Waals surface area (Å²) < 4.78 is 5.67. The predicted octanol–water partition coefficient (Wildman–Crippen LogP) is 3.83. The molecule has 1 aromatic carbocycles. The summed E-state index contributed by atoms with van der Waals surface area (Å²) >= 11 is 1.63. The normalized spacial score (nSPS) is 11.6. The fourth-order valence-electron chi connectivity index (χ4n) is 1.84. The van der Waals surface area contributed by atoms with Gasteiger partial charge in [0.05, 0.1) is 0 Å². The fourth-order valence-corrected chi connectivity index (χ4v) is 2.58. The fraction of sp³-hybridized carbons (Fsp3) is 0.200. The Balaban J connectivity index is 1.86. The van der Waals surface area contributed by atoms with E-state index in [9.17, 15) is 0 Å². The van der Waals surface area contributed by atoms with Gasteiger partial charge in [-0.05, 0) is 30.7 Å². The first-order valence-electron chi connectivity index (χ1n) is 6.30. The largest absolute Gasteiger partial charge is 0.437 e. The summed E-state index contributed by atoms with van der Waals surface area (Å²) in [6.45, 7) is 2.05. The molecule has 0 N–H and O–H groups in total. The van der Waals surface area contributed by atoms with E-state index in [0.717, 1.165) is 21.1 Å². The molecule has 0 atom stereocenters. The van der Waals surface area contributed by atoms with Crippen LogP contribution in [-0.4, -0.2) is 24.1 Å². The summed E-state index contributed by atoms with van der Waals surface area (Å²) in [4.78, 5) is 11.8. The molecule has 0 aliphatic heterocycles. The number of anilines is 1. The van der Waals surface area contributed by atoms with Crippen LogP contribution < -0.4 is 4.90 Å². The Morgan fingerprint density at radius 3 is 2.85 bits per heavy atom. The minimum absolute atomic E-state index is 0.616. The average Bonchev–Trinajstić information content (AvgIpc) is 3.01. The van der Waals surface area contributed by atoms with Gasteiger partial charge in [0.2, 0.25) is 5.89 Å². The molecule has 0 aliphatic rings. The highest BCUT2D eigenvalue weighted by molar-refractivity contribution is 7.16. The molecule has 2 heterocycles. The minimum atomic E-state index is 0.616. The zero-order valence-corrected chi connectivity index (χ0v) is 12.4. The summed E-state index contributed by atoms with van der Waals surface area (Å²) in [6.07, 6.45) is 5.70. The van der Waals surface area contributed by atoms with Crippen molar-refractivity contribution in [1.29, 1.82) is 0 Å². The first-order valence-corrected chi connectivity index (χ1v) is 7.12. The van der Waals surface area contributed by atoms with E-state index in [1.807, 2.05) is 62.5 Å². The van der Waals surface area contributed by atoms with Crippen molar-refractivity contribution in [3.8, 4) is 0 Å². The van der Waals surface area contributed by atoms with Gasteiger partial charge in [0, 0.05) is 31.2 Å². The Kier molecular flexibility index (Phi) is 3.28. The van der Waals surface area contributed by atoms with Crippen molar-refractivity contribution < 1.29 is 4.42 Å². The Labute approximate surface area is 121 Å². The molecular weight excluding hydrogens is 270 g/mol. The monoisotopic (exact) mass is 285 g/mol. The molecule has 0 bridgehead atoms. The van der Waals surface area contributed by atoms with Gasteiger partial charge < -0.3 is 9.32 Å². The summed E-state index contributed by atoms with van der Waals surface area (Å²) in [5, 5.41) is 0.984. The van der Waals surface area contributed by atoms with Crippen LogP contribution in [0.25, 0.3) is 23.3 Å². The van der Waals surface area contributed by atoms with Crippen molar-refractivity contribution in [2.75, 3.05) is 19.0 Å². The van der Waals surface area contributed by atoms with Gasteiger partial charge in [-0.3, -0.25) is 0 Å². The highest BCUT2D eigenvalue weighted by Crippen LogP contribution is 2.23. The molecule has 4 nitrogen and oxygen atoms in total. The lowest BCUT2D eigenvalue weighted by Gasteiger charge is -2.04. The van der Waals surface area contributed by atoms with Gasteiger partial charge in [-0.2, -0.15) is 0 Å². The number of rotatable bonds is 3. The number of hydrogen-bond acceptors (Lipinski definition) is 5. The van der Waals surface area contributed by atoms with E-state index < -0.39 is 0 Å². The van der Waals surface area contributed by atoms with Crippen molar-refractivity contribution in [1.82, 2.24) is 9.97 Å². The third-order valence-electron chi connectivity index (χ3n) is 2.84. The minimum Gasteiger partial charge on any atom is -0.437 e. The van der Waals surface area contributed by atoms with Crippen LogP contribution in [0.4, 0.5) is 5.13 Å². The van der Waals surface area contributed by atoms with Gasteiger partial charge in [-0.15, -0.1) is 0 Å². The van der Waals surface area contributed by atoms with Gasteiger partial charge in [-0.25, -0.2) is 9.97 Å². The average molecular weight is 285 g/mol. The SMILES string of the molecule is Cc1ccc2oc(/C=C/c3cnc(N(C)C)s3)nc2c1. The molecule has 3 rings (SSSR count). The third kappa shape index (κ3) is 2.58. The molecule has 0 spiro atoms. The molecule has 5 heteroatoms. The zero-order valence-electron chi connectivity index (χ0n) is 11.6. The van der Waals surface area contributed by atoms with E-state index in [2.05, 4.69) is 9.97 Å². The second-order valence-corrected chi connectivity index (χ2v) is 5.84. The Hall–Kier alpha value is -2.14. The number of hydrogen-bond donors (Lipinski definition) is 0. The van der Waals surface area contributed by atoms with Crippen molar-refractivity contribution in [2.45, 2.75) is 6.92 Å². The first-order chi connectivity index (χ1) is 9.61. The van der Waals surface area contributed by atoms with Gasteiger partial charge >= 0.3 is 0 Å². The van der Waals surface area contributed by atoms with Crippen molar-refractivity contribution >= 4 is 39.7 Å². The summed E-state index contributed by atoms with van der Waals surface area (Å²) in [6, 6.07) is 5.99. The second kappa shape index (κ2) is 5.09. The third-order valence-corrected chi connectivity index (χ3v) is 3.97. The Bertz CT molecular complexity index is 770. The van der Waals surface area contributed by atoms with E-state index in [-0.39, 0.29) is 0 Å². The molecule has 0 aliphatic carbocycles. The molecule has 0 unspecified atom stereocenters. The van der Waals surface area contributed by atoms with Crippen LogP contribution in [0.2, 0.25) is 0 Å². The lowest BCUT2D eigenvalue weighted by molar-refractivity contribution is 0.589. The van der Waals surface area contributed by atoms with E-state index in [0.29, 0.717) is 5.89 Å². The van der Waals surface area contributed by atoms with Gasteiger partial charge in [-0.1, -0.05) is 17.4 Å². The van der Waals surface area contributed by atoms with E-state index in [1.165, 1.54) is 5.56 Å². The highest BCUT2D eigenvalue weighted by atomic mass is 32.1. The predicted molar refractivity (Wildman–Crippen MR) is 84.1 cm³/mol. The topological polar surface area (TPSA) is 42.2 Å². The molecule has 20 heavy (non-hydrogen) atoms. The van der Waals surface area contributed by atoms with E-state index >= 15 is 0 Å². The number of thiazole rings is 1. The Morgan fingerprint density at radius 2 is 2.10 bits per heavy atom. The van der Waals surface area contributed by atoms with Crippen LogP contribution in [0, 0.1) is 6.92 Å². The van der Waals surface area contributed by atoms with Gasteiger partial charge in [0.25, 0.3) is 0 Å². The molecule has 0 saturated carbocycles. The summed E-state index contributed by atoms with van der Waals surface area (Å²) in [7, 11) is 3.96. The number of nitrogens with zero attached hydrogens (tertiary/aromatic N) is 3. The maximum absolute atomic E-state index is 5.67. The van der Waals surface area contributed by atoms with Crippen molar-refractivity contribution in [2.24, 2.45) is 0 Å². The van der Waals surface area contributed by atoms with Crippen LogP contribution in [0.1, 0.15) is 16.3 Å². The Morgan fingerprint density at radius 1 is 1.25 bits per heavy atom. The lowest BCUT2D eigenvalue weighted by Crippen LogP contribution is -2.07. The summed E-state index contributed by atoms with van der Waals surface area (Å²) in [5.74, 6) is 0.616. The van der Waals surface area contributed by atoms with Gasteiger partial charge in [0.15, 0.2) is 10.7 Å². The van der Waals surface area contributed by atoms with E-state index in [4.69, 9.17) is 4.42 Å². The maximum Gasteiger partial charge on any atom is 0.220 e. The van der Waals surface area contributed by atoms with Crippen LogP contribution >= 0.6 is 11.3 Å². The second-order valence-electron chi connectivity index (χ2n) is 4.80. The number of oxazole rings is 1. The molecule has 2 aromatic heterocycles. The molecule has 0 amide bonds. The maximum atomic E-state index is 5.67. The molecule has 0 radical (unpaired) electrons. The quantitative estimate of drug-likeness (QED) is 0.733. The number of fused-ring (bicyclic) bond motifs is 1. The molecule has 102 valence electrons. The molecular formula is C15H15N3OS. The number of benzene rings is 1. The van der Waals surface area contributed by atoms with E-state index in [1.54, 1.807) is 11.3 Å². The smallest absolute Gasteiger partial charge is 0.220 e. The van der Waals surface area contributed by atoms with Crippen molar-refractivity contribution in [3.05, 3.63) is 40.7 Å². The molecule has 0 saturated heterocycles. The highest BCUT2D eigenvalue weighted by Gasteiger charge is 2.04. The van der Waals surface area contributed by atoms with Crippen molar-refractivity contribution in [3.63, 3.8) is 0 Å². The molecule has 3 aromatic rings. The standard InChI is InChI=1S/C15H15N3OS/c1-10-4-6-13-12(8-10)17-14(19-13)7-5-11-9-16-15(20-11)18(2)3/h4-9H,1-3H3/b7-5+. The van der Waals surface area contributed by atoms with Crippen LogP contribution in [0.5, 0.6) is 0 Å². The summed E-state index contributed by atoms with van der Waals surface area (Å²) in [5.41, 5.74) is 2.89. The number of aryl methyl sites for hydroxylation is 1. The van der Waals surface area contributed by atoms with Crippen LogP contribution in [-0.2, 0) is 0 Å². The first kappa shape index (κ1) is 12.9. The zero-order chi connectivity index (χ0) is 14.1. The van der Waals surface area contributed by atoms with Crippen LogP contribution in [0.3, 0.4) is 0 Å². The lowest BCUT2D eigenvalue weighted by atomic mass is 10.2. The molecule has 0 fully saturated rings. The van der Waals surface area contributed by atoms with Gasteiger partial charge in [0.1, 0.15) is 5.52 Å². The van der Waals surface area contributed by atoms with Crippen LogP contribution in [0.15, 0.2) is 28.8 Å².